The van der Waals surface area contributed by atoms with Crippen LogP contribution in [0.25, 0.3) is 0 Å². The summed E-state index contributed by atoms with van der Waals surface area (Å²) in [6.45, 7) is 4.97. The van der Waals surface area contributed by atoms with E-state index in [1.54, 1.807) is 12.3 Å². The van der Waals surface area contributed by atoms with Gasteiger partial charge in [0, 0.05) is 11.6 Å². The number of amides is 1. The monoisotopic (exact) mass is 318 g/mol. The van der Waals surface area contributed by atoms with E-state index in [4.69, 9.17) is 9.47 Å². The third-order valence-corrected chi connectivity index (χ3v) is 3.58. The number of nitrogens with zero attached hydrogens (tertiary/aromatic N) is 1. The van der Waals surface area contributed by atoms with Gasteiger partial charge in [-0.15, -0.1) is 11.3 Å². The van der Waals surface area contributed by atoms with E-state index in [0.717, 1.165) is 11.3 Å². The number of thiophene rings is 1. The fraction of sp³-hybridized carbons (Fsp3) is 0.250. The van der Waals surface area contributed by atoms with Crippen LogP contribution >= 0.6 is 11.3 Å². The van der Waals surface area contributed by atoms with Gasteiger partial charge in [-0.2, -0.15) is 5.10 Å². The van der Waals surface area contributed by atoms with Gasteiger partial charge in [-0.1, -0.05) is 6.07 Å². The molecule has 5 nitrogen and oxygen atoms in total. The Morgan fingerprint density at radius 1 is 1.27 bits per heavy atom. The number of ether oxygens (including phenoxy) is 2. The Morgan fingerprint density at radius 2 is 2.09 bits per heavy atom. The van der Waals surface area contributed by atoms with Gasteiger partial charge >= 0.3 is 0 Å². The van der Waals surface area contributed by atoms with Crippen molar-refractivity contribution in [2.45, 2.75) is 13.8 Å². The average Bonchev–Trinajstić information content (AvgIpc) is 3.04. The summed E-state index contributed by atoms with van der Waals surface area (Å²) in [5, 5.41) is 5.82. The quantitative estimate of drug-likeness (QED) is 0.629. The third kappa shape index (κ3) is 4.33. The molecule has 1 aromatic heterocycles. The van der Waals surface area contributed by atoms with Gasteiger partial charge in [-0.05, 0) is 37.4 Å². The highest BCUT2D eigenvalue weighted by Crippen LogP contribution is 2.24. The SMILES string of the molecule is CCOc1ccc(/C=N\NC(=O)c2cccs2)c(OCC)c1. The molecule has 1 heterocycles. The lowest BCUT2D eigenvalue weighted by Gasteiger charge is -2.09. The van der Waals surface area contributed by atoms with Gasteiger partial charge < -0.3 is 9.47 Å². The van der Waals surface area contributed by atoms with Crippen LogP contribution in [-0.2, 0) is 0 Å². The van der Waals surface area contributed by atoms with Crippen LogP contribution in [0, 0.1) is 0 Å². The second-order valence-electron chi connectivity index (χ2n) is 4.24. The Labute approximate surface area is 133 Å². The maximum Gasteiger partial charge on any atom is 0.281 e. The maximum atomic E-state index is 11.8. The summed E-state index contributed by atoms with van der Waals surface area (Å²) in [4.78, 5) is 12.4. The molecule has 0 spiro atoms. The molecule has 0 bridgehead atoms. The van der Waals surface area contributed by atoms with Crippen molar-refractivity contribution in [3.05, 3.63) is 46.2 Å². The Hall–Kier alpha value is -2.34. The molecule has 22 heavy (non-hydrogen) atoms. The van der Waals surface area contributed by atoms with Crippen LogP contribution in [0.2, 0.25) is 0 Å². The summed E-state index contributed by atoms with van der Waals surface area (Å²) in [6.07, 6.45) is 1.56. The molecule has 6 heteroatoms. The normalized spacial score (nSPS) is 10.6. The van der Waals surface area contributed by atoms with Gasteiger partial charge in [-0.25, -0.2) is 5.43 Å². The van der Waals surface area contributed by atoms with E-state index in [-0.39, 0.29) is 5.91 Å². The number of carbonyl (C=O) groups is 1. The lowest BCUT2D eigenvalue weighted by molar-refractivity contribution is 0.0959. The van der Waals surface area contributed by atoms with Crippen LogP contribution in [0.1, 0.15) is 29.1 Å². The minimum Gasteiger partial charge on any atom is -0.494 e. The molecule has 1 amide bonds. The van der Waals surface area contributed by atoms with Crippen LogP contribution in [0.5, 0.6) is 11.5 Å². The van der Waals surface area contributed by atoms with Crippen LogP contribution in [-0.4, -0.2) is 25.3 Å². The van der Waals surface area contributed by atoms with Gasteiger partial charge in [0.15, 0.2) is 0 Å². The Kier molecular flexibility index (Phi) is 5.97. The van der Waals surface area contributed by atoms with Crippen LogP contribution < -0.4 is 14.9 Å². The highest BCUT2D eigenvalue weighted by molar-refractivity contribution is 7.12. The number of hydrogen-bond acceptors (Lipinski definition) is 5. The van der Waals surface area contributed by atoms with Gasteiger partial charge in [0.1, 0.15) is 11.5 Å². The van der Waals surface area contributed by atoms with Crippen molar-refractivity contribution in [2.24, 2.45) is 5.10 Å². The minimum atomic E-state index is -0.227. The summed E-state index contributed by atoms with van der Waals surface area (Å²) in [7, 11) is 0. The maximum absolute atomic E-state index is 11.8. The predicted octanol–water partition coefficient (Wildman–Crippen LogP) is 3.31. The molecule has 2 rings (SSSR count). The van der Waals surface area contributed by atoms with Crippen LogP contribution in [0.3, 0.4) is 0 Å². The molecule has 0 aliphatic rings. The first kappa shape index (κ1) is 16.0. The summed E-state index contributed by atoms with van der Waals surface area (Å²) < 4.78 is 11.0. The lowest BCUT2D eigenvalue weighted by Crippen LogP contribution is -2.16. The van der Waals surface area contributed by atoms with E-state index in [9.17, 15) is 4.79 Å². The molecule has 0 saturated carbocycles. The van der Waals surface area contributed by atoms with Gasteiger partial charge in [0.2, 0.25) is 0 Å². The fourth-order valence-corrected chi connectivity index (χ4v) is 2.40. The minimum absolute atomic E-state index is 0.227. The van der Waals surface area contributed by atoms with Crippen molar-refractivity contribution in [2.75, 3.05) is 13.2 Å². The highest BCUT2D eigenvalue weighted by Gasteiger charge is 2.06. The zero-order chi connectivity index (χ0) is 15.8. The van der Waals surface area contributed by atoms with Crippen molar-refractivity contribution in [1.29, 1.82) is 0 Å². The van der Waals surface area contributed by atoms with E-state index >= 15 is 0 Å². The number of nitrogens with one attached hydrogen (secondary N) is 1. The molecule has 0 saturated heterocycles. The first-order chi connectivity index (χ1) is 10.7. The van der Waals surface area contributed by atoms with Gasteiger partial charge in [0.05, 0.1) is 24.3 Å². The predicted molar refractivity (Wildman–Crippen MR) is 88.2 cm³/mol. The Morgan fingerprint density at radius 3 is 2.77 bits per heavy atom. The topological polar surface area (TPSA) is 59.9 Å². The van der Waals surface area contributed by atoms with E-state index in [1.807, 2.05) is 43.5 Å². The molecule has 1 aromatic carbocycles. The van der Waals surface area contributed by atoms with E-state index in [1.165, 1.54) is 11.3 Å². The molecule has 0 fully saturated rings. The number of hydrogen-bond donors (Lipinski definition) is 1. The van der Waals surface area contributed by atoms with Gasteiger partial charge in [0.25, 0.3) is 5.91 Å². The highest BCUT2D eigenvalue weighted by atomic mass is 32.1. The number of carbonyl (C=O) groups excluding carboxylic acids is 1. The van der Waals surface area contributed by atoms with E-state index < -0.39 is 0 Å². The first-order valence-corrected chi connectivity index (χ1v) is 7.89. The zero-order valence-corrected chi connectivity index (χ0v) is 13.4. The molecule has 0 aliphatic carbocycles. The third-order valence-electron chi connectivity index (χ3n) is 2.71. The van der Waals surface area contributed by atoms with Crippen molar-refractivity contribution in [3.8, 4) is 11.5 Å². The van der Waals surface area contributed by atoms with Crippen LogP contribution in [0.15, 0.2) is 40.8 Å². The average molecular weight is 318 g/mol. The first-order valence-electron chi connectivity index (χ1n) is 7.01. The van der Waals surface area contributed by atoms with Crippen molar-refractivity contribution < 1.29 is 14.3 Å². The summed E-state index contributed by atoms with van der Waals surface area (Å²) >= 11 is 1.37. The van der Waals surface area contributed by atoms with Crippen LogP contribution in [0.4, 0.5) is 0 Å². The second kappa shape index (κ2) is 8.19. The standard InChI is InChI=1S/C16H18N2O3S/c1-3-20-13-8-7-12(14(10-13)21-4-2)11-17-18-16(19)15-6-5-9-22-15/h5-11H,3-4H2,1-2H3,(H,18,19)/b17-11-. The molecule has 2 aromatic rings. The molecular weight excluding hydrogens is 300 g/mol. The largest absolute Gasteiger partial charge is 0.494 e. The molecule has 116 valence electrons. The smallest absolute Gasteiger partial charge is 0.281 e. The fourth-order valence-electron chi connectivity index (χ4n) is 1.78. The summed E-state index contributed by atoms with van der Waals surface area (Å²) in [5.74, 6) is 1.18. The zero-order valence-electron chi connectivity index (χ0n) is 12.5. The second-order valence-corrected chi connectivity index (χ2v) is 5.19. The van der Waals surface area contributed by atoms with Crippen molar-refractivity contribution in [3.63, 3.8) is 0 Å². The van der Waals surface area contributed by atoms with Gasteiger partial charge in [-0.3, -0.25) is 4.79 Å². The molecule has 1 N–H and O–H groups in total. The van der Waals surface area contributed by atoms with E-state index in [2.05, 4.69) is 10.5 Å². The number of rotatable bonds is 7. The van der Waals surface area contributed by atoms with Crippen molar-refractivity contribution >= 4 is 23.5 Å². The summed E-state index contributed by atoms with van der Waals surface area (Å²) in [6, 6.07) is 9.07. The molecular formula is C16H18N2O3S. The molecule has 0 aliphatic heterocycles. The molecule has 0 unspecified atom stereocenters. The Bertz CT molecular complexity index is 639. The lowest BCUT2D eigenvalue weighted by atomic mass is 10.2. The molecule has 0 atom stereocenters. The molecule has 0 radical (unpaired) electrons. The summed E-state index contributed by atoms with van der Waals surface area (Å²) in [5.41, 5.74) is 3.27. The van der Waals surface area contributed by atoms with Crippen molar-refractivity contribution in [1.82, 2.24) is 5.43 Å². The Balaban J connectivity index is 2.07. The number of benzene rings is 1. The van der Waals surface area contributed by atoms with E-state index in [0.29, 0.717) is 23.8 Å². The number of hydrazone groups is 1.